The Kier molecular flexibility index (Phi) is 17.7. The number of amides is 2. The Balaban J connectivity index is 0.000000172. The number of carboxylic acids is 1. The van der Waals surface area contributed by atoms with Crippen LogP contribution in [-0.4, -0.2) is 112 Å². The zero-order chi connectivity index (χ0) is 57.8. The standard InChI is InChI=1S/2C28H24ClN5O3S2.C2H4O2/c2*1-18-5-3-9-33-24(18)30-25(32-12-10-31(11-13-32)20-7-2-6-19(29)15-20)22(26(33)35)16-23-27(36)34(28(38)39-23)17-21-8-4-14-37-21;1-2(3)4/h2*2-9,14-16H,10-13,17H2,1H3;1H3,(H,3,4)/b2*23-16-;. The predicted octanol–water partition coefficient (Wildman–Crippen LogP) is 10.0. The molecule has 12 rings (SSSR count). The molecular formula is C58H52Cl2N10O8S4. The largest absolute Gasteiger partial charge is 0.481 e. The van der Waals surface area contributed by atoms with Crippen molar-refractivity contribution in [3.8, 4) is 0 Å². The molecule has 18 nitrogen and oxygen atoms in total. The number of thiocarbonyl (C=S) groups is 2. The lowest BCUT2D eigenvalue weighted by atomic mass is 10.2. The Morgan fingerprint density at radius 1 is 0.585 bits per heavy atom. The van der Waals surface area contributed by atoms with Crippen LogP contribution >= 0.6 is 71.2 Å². The zero-order valence-corrected chi connectivity index (χ0v) is 49.2. The van der Waals surface area contributed by atoms with Gasteiger partial charge in [-0.05, 0) is 110 Å². The lowest BCUT2D eigenvalue weighted by Crippen LogP contribution is -2.47. The Hall–Kier alpha value is -7.73. The molecule has 4 fully saturated rings. The summed E-state index contributed by atoms with van der Waals surface area (Å²) >= 11 is 25.8. The summed E-state index contributed by atoms with van der Waals surface area (Å²) in [6.45, 7) is 11.0. The highest BCUT2D eigenvalue weighted by molar-refractivity contribution is 8.27. The third-order valence-corrected chi connectivity index (χ3v) is 16.9. The van der Waals surface area contributed by atoms with Crippen LogP contribution in [-0.2, 0) is 27.5 Å². The van der Waals surface area contributed by atoms with E-state index in [-0.39, 0.29) is 36.0 Å². The fraction of sp³-hybridized carbons (Fsp3) is 0.224. The smallest absolute Gasteiger partial charge is 0.300 e. The molecule has 0 saturated carbocycles. The molecule has 6 aromatic heterocycles. The van der Waals surface area contributed by atoms with Crippen molar-refractivity contribution >= 4 is 144 Å². The number of piperazine rings is 2. The summed E-state index contributed by atoms with van der Waals surface area (Å²) in [7, 11) is 0. The van der Waals surface area contributed by atoms with E-state index >= 15 is 0 Å². The van der Waals surface area contributed by atoms with Gasteiger partial charge in [0.25, 0.3) is 28.9 Å². The summed E-state index contributed by atoms with van der Waals surface area (Å²) in [5, 5.41) is 8.81. The number of aromatic nitrogens is 4. The summed E-state index contributed by atoms with van der Waals surface area (Å²) in [5.74, 6) is 1.05. The first-order valence-electron chi connectivity index (χ1n) is 25.8. The maximum absolute atomic E-state index is 13.8. The average Bonchev–Trinajstić information content (AvgIpc) is 4.30. The van der Waals surface area contributed by atoms with E-state index in [9.17, 15) is 19.2 Å². The molecule has 2 aromatic carbocycles. The van der Waals surface area contributed by atoms with Gasteiger partial charge in [-0.2, -0.15) is 0 Å². The molecule has 4 aliphatic heterocycles. The zero-order valence-electron chi connectivity index (χ0n) is 44.4. The van der Waals surface area contributed by atoms with Crippen molar-refractivity contribution in [2.75, 3.05) is 72.0 Å². The van der Waals surface area contributed by atoms with E-state index < -0.39 is 5.97 Å². The van der Waals surface area contributed by atoms with Gasteiger partial charge in [0, 0.05) is 93.1 Å². The van der Waals surface area contributed by atoms with Crippen molar-refractivity contribution in [3.05, 3.63) is 196 Å². The highest BCUT2D eigenvalue weighted by atomic mass is 35.5. The van der Waals surface area contributed by atoms with Crippen molar-refractivity contribution < 1.29 is 28.3 Å². The van der Waals surface area contributed by atoms with Gasteiger partial charge in [-0.3, -0.25) is 42.6 Å². The topological polar surface area (TPSA) is 186 Å². The number of rotatable bonds is 10. The van der Waals surface area contributed by atoms with E-state index in [1.807, 2.05) is 86.6 Å². The third kappa shape index (κ3) is 12.7. The van der Waals surface area contributed by atoms with Crippen LogP contribution in [0.4, 0.5) is 23.0 Å². The van der Waals surface area contributed by atoms with E-state index in [4.69, 9.17) is 76.3 Å². The number of furan rings is 2. The van der Waals surface area contributed by atoms with Crippen LogP contribution < -0.4 is 30.7 Å². The molecule has 0 bridgehead atoms. The maximum Gasteiger partial charge on any atom is 0.300 e. The number of fused-ring (bicyclic) bond motifs is 2. The number of hydrogen-bond acceptors (Lipinski definition) is 17. The summed E-state index contributed by atoms with van der Waals surface area (Å²) in [6, 6.07) is 30.2. The molecule has 24 heteroatoms. The SMILES string of the molecule is CC(=O)O.Cc1cccn2c(=O)c(/C=C3\SC(=S)N(Cc4ccco4)C3=O)c(N3CCN(c4cccc(Cl)c4)CC3)nc12.Cc1cccn2c(=O)c(/C=C3\SC(=S)N(Cc4ccco4)C3=O)c(N3CCN(c4cccc(Cl)c4)CC3)nc12. The van der Waals surface area contributed by atoms with E-state index in [2.05, 4.69) is 19.6 Å². The number of hydrogen-bond donors (Lipinski definition) is 1. The minimum Gasteiger partial charge on any atom is -0.481 e. The second-order valence-corrected chi connectivity index (χ2v) is 23.4. The fourth-order valence-corrected chi connectivity index (χ4v) is 12.5. The molecule has 0 unspecified atom stereocenters. The van der Waals surface area contributed by atoms with Crippen molar-refractivity contribution in [2.24, 2.45) is 0 Å². The van der Waals surface area contributed by atoms with E-state index in [0.29, 0.717) is 100 Å². The van der Waals surface area contributed by atoms with Gasteiger partial charge in [-0.15, -0.1) is 0 Å². The predicted molar refractivity (Wildman–Crippen MR) is 332 cm³/mol. The number of carbonyl (C=O) groups is 3. The van der Waals surface area contributed by atoms with Crippen LogP contribution in [0.25, 0.3) is 23.4 Å². The summed E-state index contributed by atoms with van der Waals surface area (Å²) in [5.41, 5.74) is 5.37. The van der Waals surface area contributed by atoms with Gasteiger partial charge in [0.15, 0.2) is 0 Å². The fourth-order valence-electron chi connectivity index (χ4n) is 9.69. The van der Waals surface area contributed by atoms with E-state index in [0.717, 1.165) is 55.6 Å². The minimum absolute atomic E-state index is 0.229. The molecule has 8 aromatic rings. The molecule has 420 valence electrons. The number of halogens is 2. The molecule has 4 saturated heterocycles. The quantitative estimate of drug-likeness (QED) is 0.101. The molecule has 10 heterocycles. The van der Waals surface area contributed by atoms with Crippen LogP contribution in [0, 0.1) is 13.8 Å². The number of anilines is 4. The third-order valence-electron chi connectivity index (χ3n) is 13.7. The Labute approximate surface area is 499 Å². The van der Waals surface area contributed by atoms with Crippen molar-refractivity contribution in [3.63, 3.8) is 0 Å². The number of benzene rings is 2. The van der Waals surface area contributed by atoms with Gasteiger partial charge in [0.2, 0.25) is 0 Å². The van der Waals surface area contributed by atoms with E-state index in [1.165, 1.54) is 42.1 Å². The number of nitrogens with zero attached hydrogens (tertiary/aromatic N) is 10. The van der Waals surface area contributed by atoms with Gasteiger partial charge in [-0.25, -0.2) is 9.97 Å². The van der Waals surface area contributed by atoms with Crippen molar-refractivity contribution in [1.82, 2.24) is 28.6 Å². The van der Waals surface area contributed by atoms with Crippen LogP contribution in [0.5, 0.6) is 0 Å². The Morgan fingerprint density at radius 3 is 1.32 bits per heavy atom. The van der Waals surface area contributed by atoms with Crippen LogP contribution in [0.3, 0.4) is 0 Å². The second-order valence-electron chi connectivity index (χ2n) is 19.2. The molecule has 0 aliphatic carbocycles. The highest BCUT2D eigenvalue weighted by Crippen LogP contribution is 2.37. The van der Waals surface area contributed by atoms with Crippen LogP contribution in [0.1, 0.15) is 40.7 Å². The molecule has 4 aliphatic rings. The first kappa shape index (κ1) is 57.5. The average molecular weight is 1220 g/mol. The van der Waals surface area contributed by atoms with E-state index in [1.54, 1.807) is 61.3 Å². The molecule has 1 N–H and O–H groups in total. The molecular weight excluding hydrogens is 1160 g/mol. The lowest BCUT2D eigenvalue weighted by molar-refractivity contribution is -0.134. The molecule has 2 amide bonds. The van der Waals surface area contributed by atoms with Gasteiger partial charge >= 0.3 is 0 Å². The van der Waals surface area contributed by atoms with Crippen molar-refractivity contribution in [1.29, 1.82) is 0 Å². The Bertz CT molecular complexity index is 3720. The lowest BCUT2D eigenvalue weighted by Gasteiger charge is -2.37. The molecule has 0 radical (unpaired) electrons. The number of carbonyl (C=O) groups excluding carboxylic acids is 2. The number of aliphatic carboxylic acids is 1. The normalized spacial score (nSPS) is 16.6. The Morgan fingerprint density at radius 2 is 0.963 bits per heavy atom. The summed E-state index contributed by atoms with van der Waals surface area (Å²) < 4.78 is 14.7. The summed E-state index contributed by atoms with van der Waals surface area (Å²) in [4.78, 5) is 85.8. The van der Waals surface area contributed by atoms with Gasteiger partial charge in [0.1, 0.15) is 43.1 Å². The minimum atomic E-state index is -0.833. The summed E-state index contributed by atoms with van der Waals surface area (Å²) in [6.07, 6.45) is 9.82. The van der Waals surface area contributed by atoms with Gasteiger partial charge in [0.05, 0.1) is 46.6 Å². The molecule has 0 spiro atoms. The number of pyridine rings is 2. The van der Waals surface area contributed by atoms with Crippen LogP contribution in [0.2, 0.25) is 10.0 Å². The highest BCUT2D eigenvalue weighted by Gasteiger charge is 2.36. The molecule has 0 atom stereocenters. The number of aryl methyl sites for hydroxylation is 2. The van der Waals surface area contributed by atoms with Crippen molar-refractivity contribution in [2.45, 2.75) is 33.9 Å². The first-order chi connectivity index (χ1) is 39.5. The van der Waals surface area contributed by atoms with Crippen LogP contribution in [0.15, 0.2) is 150 Å². The maximum atomic E-state index is 13.8. The first-order valence-corrected chi connectivity index (χ1v) is 29.0. The van der Waals surface area contributed by atoms with Gasteiger partial charge < -0.3 is 33.5 Å². The molecule has 82 heavy (non-hydrogen) atoms. The number of thioether (sulfide) groups is 2. The number of carboxylic acid groups (broad SMARTS) is 1. The van der Waals surface area contributed by atoms with Gasteiger partial charge in [-0.1, -0.05) is 95.4 Å². The second kappa shape index (κ2) is 25.2. The monoisotopic (exact) mass is 1210 g/mol.